The Balaban J connectivity index is 0.00000182. The number of hydrogen-bond donors (Lipinski definition) is 1. The smallest absolute Gasteiger partial charge is 0.270 e. The number of benzene rings is 2. The first-order chi connectivity index (χ1) is 11.7. The number of anilines is 2. The number of hydrogen-bond acceptors (Lipinski definition) is 7. The van der Waals surface area contributed by atoms with Gasteiger partial charge in [-0.2, -0.15) is 0 Å². The Morgan fingerprint density at radius 3 is 2.84 bits per heavy atom. The van der Waals surface area contributed by atoms with Gasteiger partial charge in [-0.25, -0.2) is 4.98 Å². The van der Waals surface area contributed by atoms with Crippen molar-refractivity contribution in [3.8, 4) is 22.8 Å². The summed E-state index contributed by atoms with van der Waals surface area (Å²) >= 11 is 1.42. The van der Waals surface area contributed by atoms with Crippen LogP contribution in [0.1, 0.15) is 0 Å². The minimum absolute atomic E-state index is 0. The molecule has 7 nitrogen and oxygen atoms in total. The average molecular weight is 422 g/mol. The second-order valence-corrected chi connectivity index (χ2v) is 5.90. The molecule has 128 valence electrons. The van der Waals surface area contributed by atoms with Gasteiger partial charge >= 0.3 is 0 Å². The molecule has 0 spiro atoms. The van der Waals surface area contributed by atoms with Gasteiger partial charge in [0.25, 0.3) is 5.69 Å². The van der Waals surface area contributed by atoms with Gasteiger partial charge in [-0.3, -0.25) is 10.1 Å². The number of ether oxygens (including phenoxy) is 2. The van der Waals surface area contributed by atoms with Crippen LogP contribution < -0.4 is 14.8 Å². The quantitative estimate of drug-likeness (QED) is 0.482. The molecule has 1 N–H and O–H groups in total. The number of halogens is 1. The van der Waals surface area contributed by atoms with E-state index in [0.717, 1.165) is 11.4 Å². The van der Waals surface area contributed by atoms with E-state index in [4.69, 9.17) is 9.47 Å². The number of nitrogens with zero attached hydrogens (tertiary/aromatic N) is 2. The molecule has 2 aromatic carbocycles. The van der Waals surface area contributed by atoms with E-state index in [1.807, 2.05) is 23.6 Å². The maximum absolute atomic E-state index is 10.9. The molecular weight excluding hydrogens is 410 g/mol. The fourth-order valence-electron chi connectivity index (χ4n) is 2.34. The summed E-state index contributed by atoms with van der Waals surface area (Å²) in [6, 6.07) is 12.0. The zero-order valence-electron chi connectivity index (χ0n) is 12.7. The fraction of sp³-hybridized carbons (Fsp3) is 0.0625. The molecule has 0 bridgehead atoms. The van der Waals surface area contributed by atoms with Crippen molar-refractivity contribution >= 4 is 44.8 Å². The van der Waals surface area contributed by atoms with Crippen LogP contribution in [0, 0.1) is 10.1 Å². The Labute approximate surface area is 157 Å². The van der Waals surface area contributed by atoms with E-state index in [1.54, 1.807) is 12.1 Å². The highest BCUT2D eigenvalue weighted by Crippen LogP contribution is 2.36. The SMILES string of the molecule is Br.O=[N+]([O-])c1cccc(-c2csc(Nc3ccc4c(c3)OCO4)n2)c1. The van der Waals surface area contributed by atoms with Crippen LogP contribution in [0.3, 0.4) is 0 Å². The Morgan fingerprint density at radius 1 is 1.16 bits per heavy atom. The van der Waals surface area contributed by atoms with Crippen LogP contribution in [0.15, 0.2) is 47.8 Å². The lowest BCUT2D eigenvalue weighted by Crippen LogP contribution is -1.93. The summed E-state index contributed by atoms with van der Waals surface area (Å²) in [5.74, 6) is 1.41. The van der Waals surface area contributed by atoms with Crippen molar-refractivity contribution in [3.63, 3.8) is 0 Å². The number of aromatic nitrogens is 1. The van der Waals surface area contributed by atoms with Gasteiger partial charge < -0.3 is 14.8 Å². The third-order valence-electron chi connectivity index (χ3n) is 3.48. The van der Waals surface area contributed by atoms with Crippen molar-refractivity contribution in [1.29, 1.82) is 0 Å². The minimum Gasteiger partial charge on any atom is -0.454 e. The summed E-state index contributed by atoms with van der Waals surface area (Å²) in [6.07, 6.45) is 0. The molecule has 1 aliphatic rings. The number of thiazole rings is 1. The van der Waals surface area contributed by atoms with Crippen molar-refractivity contribution in [2.75, 3.05) is 12.1 Å². The van der Waals surface area contributed by atoms with E-state index in [-0.39, 0.29) is 29.5 Å². The number of fused-ring (bicyclic) bond motifs is 1. The number of nitro groups is 1. The summed E-state index contributed by atoms with van der Waals surface area (Å²) in [5, 5.41) is 16.6. The van der Waals surface area contributed by atoms with E-state index < -0.39 is 4.92 Å². The number of nitro benzene ring substituents is 1. The number of non-ortho nitro benzene ring substituents is 1. The van der Waals surface area contributed by atoms with E-state index in [1.165, 1.54) is 23.5 Å². The highest BCUT2D eigenvalue weighted by Gasteiger charge is 2.14. The molecule has 25 heavy (non-hydrogen) atoms. The van der Waals surface area contributed by atoms with E-state index in [9.17, 15) is 10.1 Å². The second-order valence-electron chi connectivity index (χ2n) is 5.04. The lowest BCUT2D eigenvalue weighted by Gasteiger charge is -2.03. The van der Waals surface area contributed by atoms with Gasteiger partial charge in [-0.1, -0.05) is 12.1 Å². The van der Waals surface area contributed by atoms with Crippen molar-refractivity contribution in [2.24, 2.45) is 0 Å². The number of rotatable bonds is 4. The molecule has 1 aliphatic heterocycles. The predicted octanol–water partition coefficient (Wildman–Crippen LogP) is 4.77. The molecule has 0 saturated carbocycles. The summed E-state index contributed by atoms with van der Waals surface area (Å²) in [4.78, 5) is 14.9. The van der Waals surface area contributed by atoms with Gasteiger partial charge in [0.15, 0.2) is 16.6 Å². The summed E-state index contributed by atoms with van der Waals surface area (Å²) in [6.45, 7) is 0.229. The molecule has 2 heterocycles. The van der Waals surface area contributed by atoms with Gasteiger partial charge in [0.05, 0.1) is 10.6 Å². The first kappa shape index (κ1) is 17.2. The normalized spacial score (nSPS) is 11.7. The first-order valence-electron chi connectivity index (χ1n) is 7.06. The molecule has 0 aliphatic carbocycles. The molecule has 0 saturated heterocycles. The molecule has 1 aromatic heterocycles. The molecule has 0 fully saturated rings. The highest BCUT2D eigenvalue weighted by atomic mass is 79.9. The van der Waals surface area contributed by atoms with Gasteiger partial charge in [0, 0.05) is 34.8 Å². The largest absolute Gasteiger partial charge is 0.454 e. The van der Waals surface area contributed by atoms with Crippen LogP contribution in [0.5, 0.6) is 11.5 Å². The van der Waals surface area contributed by atoms with E-state index in [2.05, 4.69) is 10.3 Å². The van der Waals surface area contributed by atoms with Crippen LogP contribution >= 0.6 is 28.3 Å². The van der Waals surface area contributed by atoms with E-state index >= 15 is 0 Å². The van der Waals surface area contributed by atoms with Crippen LogP contribution in [0.2, 0.25) is 0 Å². The summed E-state index contributed by atoms with van der Waals surface area (Å²) < 4.78 is 10.6. The molecule has 9 heteroatoms. The zero-order chi connectivity index (χ0) is 16.5. The molecule has 0 unspecified atom stereocenters. The van der Waals surface area contributed by atoms with Crippen molar-refractivity contribution in [3.05, 3.63) is 58.0 Å². The predicted molar refractivity (Wildman–Crippen MR) is 100 cm³/mol. The molecular formula is C16H12BrN3O4S. The van der Waals surface area contributed by atoms with Gasteiger partial charge in [-0.15, -0.1) is 28.3 Å². The standard InChI is InChI=1S/C16H11N3O4S.BrH/c20-19(21)12-3-1-2-10(6-12)13-8-24-16(18-13)17-11-4-5-14-15(7-11)23-9-22-14;/h1-8H,9H2,(H,17,18);1H. The molecule has 0 radical (unpaired) electrons. The average Bonchev–Trinajstić information content (AvgIpc) is 3.24. The van der Waals surface area contributed by atoms with Crippen LogP contribution in [-0.4, -0.2) is 16.7 Å². The highest BCUT2D eigenvalue weighted by molar-refractivity contribution is 8.93. The van der Waals surface area contributed by atoms with E-state index in [0.29, 0.717) is 22.1 Å². The van der Waals surface area contributed by atoms with Gasteiger partial charge in [-0.05, 0) is 12.1 Å². The molecule has 0 amide bonds. The Kier molecular flexibility index (Phi) is 4.86. The van der Waals surface area contributed by atoms with Crippen molar-refractivity contribution in [2.45, 2.75) is 0 Å². The van der Waals surface area contributed by atoms with Crippen LogP contribution in [-0.2, 0) is 0 Å². The Morgan fingerprint density at radius 2 is 2.00 bits per heavy atom. The third-order valence-corrected chi connectivity index (χ3v) is 4.24. The minimum atomic E-state index is -0.415. The first-order valence-corrected chi connectivity index (χ1v) is 7.94. The van der Waals surface area contributed by atoms with Crippen molar-refractivity contribution in [1.82, 2.24) is 4.98 Å². The summed E-state index contributed by atoms with van der Waals surface area (Å²) in [7, 11) is 0. The molecule has 4 rings (SSSR count). The lowest BCUT2D eigenvalue weighted by molar-refractivity contribution is -0.384. The molecule has 0 atom stereocenters. The van der Waals surface area contributed by atoms with Crippen LogP contribution in [0.4, 0.5) is 16.5 Å². The zero-order valence-corrected chi connectivity index (χ0v) is 15.2. The third kappa shape index (κ3) is 3.57. The van der Waals surface area contributed by atoms with Crippen LogP contribution in [0.25, 0.3) is 11.3 Å². The second kappa shape index (κ2) is 7.08. The maximum atomic E-state index is 10.9. The maximum Gasteiger partial charge on any atom is 0.270 e. The monoisotopic (exact) mass is 421 g/mol. The Hall–Kier alpha value is -2.65. The molecule has 3 aromatic rings. The number of nitrogens with one attached hydrogen (secondary N) is 1. The van der Waals surface area contributed by atoms with Gasteiger partial charge in [0.2, 0.25) is 6.79 Å². The summed E-state index contributed by atoms with van der Waals surface area (Å²) in [5.41, 5.74) is 2.27. The topological polar surface area (TPSA) is 86.5 Å². The van der Waals surface area contributed by atoms with Gasteiger partial charge in [0.1, 0.15) is 0 Å². The fourth-order valence-corrected chi connectivity index (χ4v) is 3.08. The lowest BCUT2D eigenvalue weighted by atomic mass is 10.1. The Bertz CT molecular complexity index is 931. The van der Waals surface area contributed by atoms with Crippen molar-refractivity contribution < 1.29 is 14.4 Å².